The minimum absolute atomic E-state index is 0.00694. The van der Waals surface area contributed by atoms with E-state index in [-0.39, 0.29) is 11.4 Å². The molecule has 35 heavy (non-hydrogen) atoms. The highest BCUT2D eigenvalue weighted by atomic mass is 16.6. The quantitative estimate of drug-likeness (QED) is 0.198. The van der Waals surface area contributed by atoms with Gasteiger partial charge in [0.1, 0.15) is 12.2 Å². The average Bonchev–Trinajstić information content (AvgIpc) is 3.28. The maximum atomic E-state index is 12.4. The zero-order chi connectivity index (χ0) is 24.8. The molecule has 9 nitrogen and oxygen atoms in total. The molecule has 0 spiro atoms. The first kappa shape index (κ1) is 23.5. The Bertz CT molecular complexity index is 1390. The third-order valence-electron chi connectivity index (χ3n) is 5.10. The number of nitro benzene ring substituents is 1. The molecule has 3 aromatic carbocycles. The minimum Gasteiger partial charge on any atom is -0.490 e. The predicted octanol–water partition coefficient (Wildman–Crippen LogP) is 5.39. The van der Waals surface area contributed by atoms with Crippen LogP contribution in [-0.2, 0) is 6.61 Å². The summed E-state index contributed by atoms with van der Waals surface area (Å²) in [5, 5.41) is 15.4. The van der Waals surface area contributed by atoms with Crippen molar-refractivity contribution in [3.63, 3.8) is 0 Å². The first-order valence-electron chi connectivity index (χ1n) is 10.9. The van der Waals surface area contributed by atoms with E-state index < -0.39 is 10.8 Å². The Kier molecular flexibility index (Phi) is 7.06. The topological polar surface area (TPSA) is 116 Å². The van der Waals surface area contributed by atoms with E-state index in [4.69, 9.17) is 13.9 Å². The fourth-order valence-corrected chi connectivity index (χ4v) is 3.31. The number of aryl methyl sites for hydroxylation is 1. The zero-order valence-electron chi connectivity index (χ0n) is 19.2. The first-order chi connectivity index (χ1) is 16.9. The van der Waals surface area contributed by atoms with Crippen molar-refractivity contribution in [3.8, 4) is 11.5 Å². The van der Waals surface area contributed by atoms with Gasteiger partial charge >= 0.3 is 5.91 Å². The number of nitrogens with one attached hydrogen (secondary N) is 1. The number of hydrogen-bond acceptors (Lipinski definition) is 7. The lowest BCUT2D eigenvalue weighted by Crippen LogP contribution is -2.16. The van der Waals surface area contributed by atoms with E-state index in [0.29, 0.717) is 41.2 Å². The standard InChI is InChI=1S/C26H23N3O6/c1-3-33-24-12-19(8-10-23(24)34-16-18-6-4-17(2)5-7-18)15-27-28-26(30)25-14-20-13-21(29(31)32)9-11-22(20)35-25/h4-15H,3,16H2,1-2H3,(H,28,30). The zero-order valence-corrected chi connectivity index (χ0v) is 19.2. The number of benzene rings is 3. The second-order valence-electron chi connectivity index (χ2n) is 7.70. The molecule has 0 unspecified atom stereocenters. The van der Waals surface area contributed by atoms with Crippen LogP contribution in [0.4, 0.5) is 5.69 Å². The van der Waals surface area contributed by atoms with Crippen LogP contribution in [0.1, 0.15) is 34.2 Å². The molecule has 0 fully saturated rings. The van der Waals surface area contributed by atoms with Gasteiger partial charge in [-0.2, -0.15) is 5.10 Å². The summed E-state index contributed by atoms with van der Waals surface area (Å²) in [6, 6.07) is 19.0. The molecule has 4 aromatic rings. The number of rotatable bonds is 9. The van der Waals surface area contributed by atoms with Crippen molar-refractivity contribution >= 4 is 28.8 Å². The molecule has 0 atom stereocenters. The lowest BCUT2D eigenvalue weighted by molar-refractivity contribution is -0.384. The van der Waals surface area contributed by atoms with Gasteiger partial charge in [0.05, 0.1) is 17.7 Å². The highest BCUT2D eigenvalue weighted by Gasteiger charge is 2.14. The molecule has 178 valence electrons. The number of furan rings is 1. The summed E-state index contributed by atoms with van der Waals surface area (Å²) in [5.74, 6) is 0.578. The molecule has 0 aliphatic rings. The highest BCUT2D eigenvalue weighted by Crippen LogP contribution is 2.29. The van der Waals surface area contributed by atoms with Crippen molar-refractivity contribution in [2.75, 3.05) is 6.61 Å². The van der Waals surface area contributed by atoms with E-state index in [1.807, 2.05) is 38.1 Å². The minimum atomic E-state index is -0.580. The summed E-state index contributed by atoms with van der Waals surface area (Å²) in [7, 11) is 0. The number of nitro groups is 1. The summed E-state index contributed by atoms with van der Waals surface area (Å²) >= 11 is 0. The monoisotopic (exact) mass is 473 g/mol. The molecular weight excluding hydrogens is 450 g/mol. The fourth-order valence-electron chi connectivity index (χ4n) is 3.31. The Hall–Kier alpha value is -4.66. The van der Waals surface area contributed by atoms with Crippen molar-refractivity contribution in [1.82, 2.24) is 5.43 Å². The van der Waals surface area contributed by atoms with Crippen LogP contribution < -0.4 is 14.9 Å². The number of fused-ring (bicyclic) bond motifs is 1. The highest BCUT2D eigenvalue weighted by molar-refractivity contribution is 5.97. The molecule has 4 rings (SSSR count). The van der Waals surface area contributed by atoms with Gasteiger partial charge in [0.15, 0.2) is 17.3 Å². The summed E-state index contributed by atoms with van der Waals surface area (Å²) < 4.78 is 17.1. The van der Waals surface area contributed by atoms with E-state index in [9.17, 15) is 14.9 Å². The molecule has 0 bridgehead atoms. The second kappa shape index (κ2) is 10.5. The summed E-state index contributed by atoms with van der Waals surface area (Å²) in [4.78, 5) is 22.8. The SMILES string of the molecule is CCOc1cc(C=NNC(=O)c2cc3cc([N+](=O)[O-])ccc3o2)ccc1OCc1ccc(C)cc1. The molecule has 9 heteroatoms. The number of hydrazone groups is 1. The Labute approximate surface area is 201 Å². The van der Waals surface area contributed by atoms with Crippen LogP contribution in [-0.4, -0.2) is 23.7 Å². The van der Waals surface area contributed by atoms with Crippen molar-refractivity contribution in [2.45, 2.75) is 20.5 Å². The van der Waals surface area contributed by atoms with Gasteiger partial charge in [0.2, 0.25) is 0 Å². The number of ether oxygens (including phenoxy) is 2. The average molecular weight is 473 g/mol. The van der Waals surface area contributed by atoms with Crippen LogP contribution in [0.15, 0.2) is 76.2 Å². The van der Waals surface area contributed by atoms with Gasteiger partial charge < -0.3 is 13.9 Å². The number of amides is 1. The summed E-state index contributed by atoms with van der Waals surface area (Å²) in [6.07, 6.45) is 1.47. The second-order valence-corrected chi connectivity index (χ2v) is 7.70. The molecular formula is C26H23N3O6. The van der Waals surface area contributed by atoms with Crippen LogP contribution >= 0.6 is 0 Å². The van der Waals surface area contributed by atoms with E-state index in [1.165, 1.54) is 36.0 Å². The van der Waals surface area contributed by atoms with Crippen LogP contribution in [0.5, 0.6) is 11.5 Å². The molecule has 0 saturated heterocycles. The number of non-ortho nitro benzene ring substituents is 1. The van der Waals surface area contributed by atoms with E-state index in [0.717, 1.165) is 5.56 Å². The third-order valence-corrected chi connectivity index (χ3v) is 5.10. The third kappa shape index (κ3) is 5.83. The number of carbonyl (C=O) groups is 1. The fraction of sp³-hybridized carbons (Fsp3) is 0.154. The van der Waals surface area contributed by atoms with Gasteiger partial charge in [-0.05, 0) is 55.3 Å². The maximum Gasteiger partial charge on any atom is 0.307 e. The smallest absolute Gasteiger partial charge is 0.307 e. The van der Waals surface area contributed by atoms with Crippen molar-refractivity contribution in [3.05, 3.63) is 99.3 Å². The van der Waals surface area contributed by atoms with Crippen LogP contribution in [0.3, 0.4) is 0 Å². The van der Waals surface area contributed by atoms with Crippen LogP contribution in [0, 0.1) is 17.0 Å². The molecule has 0 aliphatic carbocycles. The Morgan fingerprint density at radius 1 is 1.06 bits per heavy atom. The summed E-state index contributed by atoms with van der Waals surface area (Å²) in [6.45, 7) is 4.78. The lowest BCUT2D eigenvalue weighted by Gasteiger charge is -2.12. The Morgan fingerprint density at radius 2 is 1.86 bits per heavy atom. The molecule has 0 aliphatic heterocycles. The molecule has 1 heterocycles. The molecule has 1 N–H and O–H groups in total. The van der Waals surface area contributed by atoms with Gasteiger partial charge in [0, 0.05) is 17.5 Å². The van der Waals surface area contributed by atoms with E-state index >= 15 is 0 Å². The molecule has 0 radical (unpaired) electrons. The van der Waals surface area contributed by atoms with E-state index in [2.05, 4.69) is 10.5 Å². The van der Waals surface area contributed by atoms with Crippen molar-refractivity contribution in [1.29, 1.82) is 0 Å². The number of nitrogens with zero attached hydrogens (tertiary/aromatic N) is 2. The largest absolute Gasteiger partial charge is 0.490 e. The van der Waals surface area contributed by atoms with Crippen molar-refractivity contribution in [2.24, 2.45) is 5.10 Å². The predicted molar refractivity (Wildman–Crippen MR) is 131 cm³/mol. The molecule has 0 saturated carbocycles. The van der Waals surface area contributed by atoms with Gasteiger partial charge in [0.25, 0.3) is 5.69 Å². The Balaban J connectivity index is 1.41. The maximum absolute atomic E-state index is 12.4. The summed E-state index contributed by atoms with van der Waals surface area (Å²) in [5.41, 5.74) is 5.60. The van der Waals surface area contributed by atoms with E-state index in [1.54, 1.807) is 18.2 Å². The normalized spacial score (nSPS) is 11.0. The van der Waals surface area contributed by atoms with Gasteiger partial charge in [-0.15, -0.1) is 0 Å². The van der Waals surface area contributed by atoms with Gasteiger partial charge in [-0.3, -0.25) is 14.9 Å². The Morgan fingerprint density at radius 3 is 2.60 bits per heavy atom. The van der Waals surface area contributed by atoms with Crippen molar-refractivity contribution < 1.29 is 23.6 Å². The van der Waals surface area contributed by atoms with Crippen LogP contribution in [0.25, 0.3) is 11.0 Å². The first-order valence-corrected chi connectivity index (χ1v) is 10.9. The van der Waals surface area contributed by atoms with Gasteiger partial charge in [-0.1, -0.05) is 29.8 Å². The van der Waals surface area contributed by atoms with Crippen LogP contribution in [0.2, 0.25) is 0 Å². The van der Waals surface area contributed by atoms with Gasteiger partial charge in [-0.25, -0.2) is 5.43 Å². The molecule has 1 amide bonds. The molecule has 1 aromatic heterocycles. The number of hydrogen-bond donors (Lipinski definition) is 1. The number of carbonyl (C=O) groups excluding carboxylic acids is 1. The lowest BCUT2D eigenvalue weighted by atomic mass is 10.2.